The Hall–Kier alpha value is -0.830. The lowest BCUT2D eigenvalue weighted by Crippen LogP contribution is -2.41. The zero-order chi connectivity index (χ0) is 11.8. The van der Waals surface area contributed by atoms with Crippen molar-refractivity contribution in [2.45, 2.75) is 25.7 Å². The summed E-state index contributed by atoms with van der Waals surface area (Å²) in [5, 5.41) is 0. The molecule has 0 aromatic heterocycles. The first kappa shape index (κ1) is 11.3. The Morgan fingerprint density at radius 1 is 1.24 bits per heavy atom. The second-order valence-corrected chi connectivity index (χ2v) is 6.02. The van der Waals surface area contributed by atoms with Crippen molar-refractivity contribution in [2.24, 2.45) is 29.4 Å². The maximum atomic E-state index is 11.1. The first-order valence-corrected chi connectivity index (χ1v) is 6.92. The lowest BCUT2D eigenvalue weighted by molar-refractivity contribution is -0.123. The van der Waals surface area contributed by atoms with Gasteiger partial charge in [0.05, 0.1) is 0 Å². The van der Waals surface area contributed by atoms with E-state index in [0.29, 0.717) is 0 Å². The molecule has 94 valence electrons. The lowest BCUT2D eigenvalue weighted by Gasteiger charge is -2.33. The standard InChI is InChI=1S/C14H22N2O/c15-14(17)11-3-5-16(6-4-11)9-13-8-10-1-2-12(13)7-10/h1-2,10-13H,3-9H2,(H2,15,17)/t10-,12+,13+/m0/s1. The van der Waals surface area contributed by atoms with Crippen molar-refractivity contribution in [2.75, 3.05) is 19.6 Å². The molecule has 0 unspecified atom stereocenters. The van der Waals surface area contributed by atoms with Crippen molar-refractivity contribution in [1.82, 2.24) is 4.90 Å². The van der Waals surface area contributed by atoms with Gasteiger partial charge in [0.25, 0.3) is 0 Å². The molecule has 0 aromatic carbocycles. The van der Waals surface area contributed by atoms with Crippen molar-refractivity contribution >= 4 is 5.91 Å². The molecule has 17 heavy (non-hydrogen) atoms. The summed E-state index contributed by atoms with van der Waals surface area (Å²) < 4.78 is 0. The molecule has 1 saturated carbocycles. The summed E-state index contributed by atoms with van der Waals surface area (Å²) in [4.78, 5) is 13.6. The highest BCUT2D eigenvalue weighted by Gasteiger charge is 2.36. The number of primary amides is 1. The zero-order valence-electron chi connectivity index (χ0n) is 10.3. The molecular formula is C14H22N2O. The minimum atomic E-state index is -0.104. The Bertz CT molecular complexity index is 331. The minimum absolute atomic E-state index is 0.104. The van der Waals surface area contributed by atoms with Crippen LogP contribution in [0.2, 0.25) is 0 Å². The predicted molar refractivity (Wildman–Crippen MR) is 67.2 cm³/mol. The van der Waals surface area contributed by atoms with E-state index in [2.05, 4.69) is 17.1 Å². The van der Waals surface area contributed by atoms with E-state index in [1.54, 1.807) is 0 Å². The molecular weight excluding hydrogens is 212 g/mol. The molecule has 1 amide bonds. The van der Waals surface area contributed by atoms with Gasteiger partial charge in [0.1, 0.15) is 0 Å². The summed E-state index contributed by atoms with van der Waals surface area (Å²) in [6.45, 7) is 3.35. The molecule has 3 nitrogen and oxygen atoms in total. The van der Waals surface area contributed by atoms with Crippen molar-refractivity contribution in [3.63, 3.8) is 0 Å². The summed E-state index contributed by atoms with van der Waals surface area (Å²) in [5.74, 6) is 2.61. The molecule has 2 fully saturated rings. The number of fused-ring (bicyclic) bond motifs is 2. The topological polar surface area (TPSA) is 46.3 Å². The summed E-state index contributed by atoms with van der Waals surface area (Å²) >= 11 is 0. The van der Waals surface area contributed by atoms with Gasteiger partial charge in [-0.1, -0.05) is 12.2 Å². The summed E-state index contributed by atoms with van der Waals surface area (Å²) in [5.41, 5.74) is 5.36. The molecule has 0 radical (unpaired) electrons. The van der Waals surface area contributed by atoms with Crippen LogP contribution in [0.5, 0.6) is 0 Å². The van der Waals surface area contributed by atoms with Gasteiger partial charge in [-0.15, -0.1) is 0 Å². The maximum absolute atomic E-state index is 11.1. The molecule has 3 atom stereocenters. The molecule has 0 aromatic rings. The number of likely N-dealkylation sites (tertiary alicyclic amines) is 1. The molecule has 1 aliphatic heterocycles. The number of rotatable bonds is 3. The van der Waals surface area contributed by atoms with Gasteiger partial charge in [-0.2, -0.15) is 0 Å². The third-order valence-electron chi connectivity index (χ3n) is 4.90. The Labute approximate surface area is 103 Å². The number of nitrogens with two attached hydrogens (primary N) is 1. The van der Waals surface area contributed by atoms with Crippen LogP contribution in [-0.2, 0) is 4.79 Å². The fourth-order valence-electron chi connectivity index (χ4n) is 3.84. The predicted octanol–water partition coefficient (Wildman–Crippen LogP) is 1.40. The Morgan fingerprint density at radius 2 is 2.00 bits per heavy atom. The highest BCUT2D eigenvalue weighted by molar-refractivity contribution is 5.76. The number of piperidine rings is 1. The van der Waals surface area contributed by atoms with Crippen molar-refractivity contribution in [1.29, 1.82) is 0 Å². The highest BCUT2D eigenvalue weighted by atomic mass is 16.1. The van der Waals surface area contributed by atoms with Crippen LogP contribution in [-0.4, -0.2) is 30.4 Å². The number of carbonyl (C=O) groups excluding carboxylic acids is 1. The number of amides is 1. The monoisotopic (exact) mass is 234 g/mol. The third-order valence-corrected chi connectivity index (χ3v) is 4.90. The fraction of sp³-hybridized carbons (Fsp3) is 0.786. The number of allylic oxidation sites excluding steroid dienone is 2. The summed E-state index contributed by atoms with van der Waals surface area (Å²) in [6.07, 6.45) is 9.53. The summed E-state index contributed by atoms with van der Waals surface area (Å²) in [7, 11) is 0. The van der Waals surface area contributed by atoms with Gasteiger partial charge < -0.3 is 10.6 Å². The van der Waals surface area contributed by atoms with Crippen LogP contribution >= 0.6 is 0 Å². The Morgan fingerprint density at radius 3 is 2.53 bits per heavy atom. The molecule has 3 heteroatoms. The normalized spacial score (nSPS) is 37.8. The first-order valence-electron chi connectivity index (χ1n) is 6.92. The van der Waals surface area contributed by atoms with E-state index >= 15 is 0 Å². The second-order valence-electron chi connectivity index (χ2n) is 6.02. The zero-order valence-corrected chi connectivity index (χ0v) is 10.3. The number of carbonyl (C=O) groups is 1. The summed E-state index contributed by atoms with van der Waals surface area (Å²) in [6, 6.07) is 0. The van der Waals surface area contributed by atoms with Crippen LogP contribution < -0.4 is 5.73 Å². The molecule has 2 N–H and O–H groups in total. The molecule has 1 saturated heterocycles. The van der Waals surface area contributed by atoms with Crippen LogP contribution in [0.1, 0.15) is 25.7 Å². The van der Waals surface area contributed by atoms with E-state index in [-0.39, 0.29) is 11.8 Å². The van der Waals surface area contributed by atoms with Crippen LogP contribution in [0.15, 0.2) is 12.2 Å². The Kier molecular flexibility index (Phi) is 2.95. The highest BCUT2D eigenvalue weighted by Crippen LogP contribution is 2.43. The lowest BCUT2D eigenvalue weighted by atomic mass is 9.91. The van der Waals surface area contributed by atoms with Crippen molar-refractivity contribution < 1.29 is 4.79 Å². The molecule has 3 aliphatic rings. The van der Waals surface area contributed by atoms with E-state index in [4.69, 9.17) is 5.73 Å². The van der Waals surface area contributed by atoms with Crippen LogP contribution in [0.25, 0.3) is 0 Å². The van der Waals surface area contributed by atoms with Gasteiger partial charge in [0.2, 0.25) is 5.91 Å². The minimum Gasteiger partial charge on any atom is -0.369 e. The van der Waals surface area contributed by atoms with Gasteiger partial charge >= 0.3 is 0 Å². The third kappa shape index (κ3) is 2.25. The average Bonchev–Trinajstić information content (AvgIpc) is 2.91. The van der Waals surface area contributed by atoms with E-state index < -0.39 is 0 Å². The van der Waals surface area contributed by atoms with Gasteiger partial charge in [0.15, 0.2) is 0 Å². The quantitative estimate of drug-likeness (QED) is 0.750. The number of nitrogens with zero attached hydrogens (tertiary/aromatic N) is 1. The van der Waals surface area contributed by atoms with Gasteiger partial charge in [-0.05, 0) is 56.5 Å². The Balaban J connectivity index is 1.48. The van der Waals surface area contributed by atoms with E-state index in [0.717, 1.165) is 43.7 Å². The maximum Gasteiger partial charge on any atom is 0.220 e. The van der Waals surface area contributed by atoms with E-state index in [1.807, 2.05) is 0 Å². The van der Waals surface area contributed by atoms with Crippen LogP contribution in [0.4, 0.5) is 0 Å². The van der Waals surface area contributed by atoms with E-state index in [1.165, 1.54) is 19.4 Å². The molecule has 1 heterocycles. The largest absolute Gasteiger partial charge is 0.369 e. The van der Waals surface area contributed by atoms with E-state index in [9.17, 15) is 4.79 Å². The van der Waals surface area contributed by atoms with Crippen LogP contribution in [0, 0.1) is 23.7 Å². The SMILES string of the molecule is NC(=O)C1CCN(C[C@H]2C[C@H]3C=C[C@@H]2C3)CC1. The molecule has 2 aliphatic carbocycles. The molecule has 3 rings (SSSR count). The van der Waals surface area contributed by atoms with Crippen LogP contribution in [0.3, 0.4) is 0 Å². The van der Waals surface area contributed by atoms with Crippen molar-refractivity contribution in [3.05, 3.63) is 12.2 Å². The first-order chi connectivity index (χ1) is 8.22. The molecule has 2 bridgehead atoms. The van der Waals surface area contributed by atoms with Crippen molar-refractivity contribution in [3.8, 4) is 0 Å². The average molecular weight is 234 g/mol. The smallest absolute Gasteiger partial charge is 0.220 e. The number of hydrogen-bond donors (Lipinski definition) is 1. The second kappa shape index (κ2) is 4.45. The van der Waals surface area contributed by atoms with Gasteiger partial charge in [0, 0.05) is 12.5 Å². The fourth-order valence-corrected chi connectivity index (χ4v) is 3.84. The molecule has 0 spiro atoms. The van der Waals surface area contributed by atoms with Gasteiger partial charge in [-0.25, -0.2) is 0 Å². The van der Waals surface area contributed by atoms with Gasteiger partial charge in [-0.3, -0.25) is 4.79 Å². The number of hydrogen-bond acceptors (Lipinski definition) is 2.